The van der Waals surface area contributed by atoms with Crippen LogP contribution >= 0.6 is 34.5 Å². The van der Waals surface area contributed by atoms with E-state index in [4.69, 9.17) is 32.7 Å². The van der Waals surface area contributed by atoms with Crippen LogP contribution in [0, 0.1) is 0 Å². The summed E-state index contributed by atoms with van der Waals surface area (Å²) in [7, 11) is 0. The maximum atomic E-state index is 11.7. The van der Waals surface area contributed by atoms with Gasteiger partial charge in [0.1, 0.15) is 6.61 Å². The van der Waals surface area contributed by atoms with Crippen molar-refractivity contribution in [3.8, 4) is 11.3 Å². The van der Waals surface area contributed by atoms with Crippen molar-refractivity contribution in [2.75, 3.05) is 25.1 Å². The number of benzene rings is 1. The summed E-state index contributed by atoms with van der Waals surface area (Å²) in [5.41, 5.74) is 1.44. The Morgan fingerprint density at radius 3 is 2.75 bits per heavy atom. The largest absolute Gasteiger partial charge is 0.454 e. The van der Waals surface area contributed by atoms with Crippen LogP contribution in [0.1, 0.15) is 6.92 Å². The summed E-state index contributed by atoms with van der Waals surface area (Å²) in [6.45, 7) is 1.59. The van der Waals surface area contributed by atoms with Crippen LogP contribution < -0.4 is 5.32 Å². The van der Waals surface area contributed by atoms with E-state index >= 15 is 0 Å². The van der Waals surface area contributed by atoms with Gasteiger partial charge in [-0.3, -0.25) is 10.1 Å². The van der Waals surface area contributed by atoms with Gasteiger partial charge in [-0.25, -0.2) is 9.78 Å². The Morgan fingerprint density at radius 2 is 2.04 bits per heavy atom. The molecule has 0 aliphatic rings. The van der Waals surface area contributed by atoms with E-state index in [9.17, 15) is 9.59 Å². The van der Waals surface area contributed by atoms with Crippen LogP contribution in [0.2, 0.25) is 10.0 Å². The monoisotopic (exact) mass is 388 g/mol. The lowest BCUT2D eigenvalue weighted by molar-refractivity contribution is -0.151. The van der Waals surface area contributed by atoms with E-state index in [1.807, 2.05) is 0 Å². The summed E-state index contributed by atoms with van der Waals surface area (Å²) >= 11 is 13.1. The molecule has 128 valence electrons. The number of hydrogen-bond acceptors (Lipinski definition) is 6. The first-order chi connectivity index (χ1) is 11.5. The highest BCUT2D eigenvalue weighted by molar-refractivity contribution is 7.14. The first-order valence-corrected chi connectivity index (χ1v) is 8.57. The fourth-order valence-corrected chi connectivity index (χ4v) is 2.68. The second kappa shape index (κ2) is 8.98. The summed E-state index contributed by atoms with van der Waals surface area (Å²) < 4.78 is 9.65. The van der Waals surface area contributed by atoms with E-state index in [0.717, 1.165) is 5.56 Å². The molecule has 2 rings (SSSR count). The average molecular weight is 389 g/mol. The van der Waals surface area contributed by atoms with Crippen molar-refractivity contribution in [1.82, 2.24) is 4.98 Å². The number of ether oxygens (including phenoxy) is 2. The number of hydrogen-bond donors (Lipinski definition) is 1. The Morgan fingerprint density at radius 1 is 1.25 bits per heavy atom. The number of nitrogens with zero attached hydrogens (tertiary/aromatic N) is 1. The van der Waals surface area contributed by atoms with Gasteiger partial charge in [-0.1, -0.05) is 29.3 Å². The van der Waals surface area contributed by atoms with E-state index in [1.54, 1.807) is 30.5 Å². The molecule has 2 aromatic rings. The number of anilines is 1. The number of carbonyl (C=O) groups is 2. The van der Waals surface area contributed by atoms with Gasteiger partial charge in [-0.05, 0) is 19.1 Å². The number of aromatic nitrogens is 1. The third-order valence-corrected chi connectivity index (χ3v) is 4.25. The molecule has 0 saturated carbocycles. The predicted molar refractivity (Wildman–Crippen MR) is 93.7 cm³/mol. The fourth-order valence-electron chi connectivity index (χ4n) is 1.65. The number of amides is 1. The molecule has 0 atom stereocenters. The summed E-state index contributed by atoms with van der Waals surface area (Å²) in [4.78, 5) is 27.3. The summed E-state index contributed by atoms with van der Waals surface area (Å²) in [6, 6.07) is 5.15. The Kier molecular flexibility index (Phi) is 6.99. The number of carbonyl (C=O) groups excluding carboxylic acids is 2. The van der Waals surface area contributed by atoms with Crippen molar-refractivity contribution in [1.29, 1.82) is 0 Å². The van der Waals surface area contributed by atoms with Crippen molar-refractivity contribution >= 4 is 51.5 Å². The lowest BCUT2D eigenvalue weighted by atomic mass is 10.2. The Balaban J connectivity index is 1.90. The quantitative estimate of drug-likeness (QED) is 0.732. The molecule has 1 aromatic carbocycles. The summed E-state index contributed by atoms with van der Waals surface area (Å²) in [5, 5.41) is 5.61. The van der Waals surface area contributed by atoms with Crippen LogP contribution in [-0.4, -0.2) is 36.7 Å². The molecule has 0 aliphatic heterocycles. The second-order valence-electron chi connectivity index (χ2n) is 4.51. The minimum atomic E-state index is -0.595. The lowest BCUT2D eigenvalue weighted by Gasteiger charge is -2.04. The third kappa shape index (κ3) is 5.45. The molecule has 0 bridgehead atoms. The molecule has 6 nitrogen and oxygen atoms in total. The SMILES string of the molecule is CCOCC(=O)OCC(=O)Nc1nc(-c2ccc(Cl)c(Cl)c2)cs1. The Bertz CT molecular complexity index is 736. The maximum absolute atomic E-state index is 11.7. The summed E-state index contributed by atoms with van der Waals surface area (Å²) in [6.07, 6.45) is 0. The first-order valence-electron chi connectivity index (χ1n) is 6.93. The molecular weight excluding hydrogens is 375 g/mol. The molecule has 0 fully saturated rings. The lowest BCUT2D eigenvalue weighted by Crippen LogP contribution is -2.22. The number of halogens is 2. The molecule has 0 aliphatic carbocycles. The third-order valence-electron chi connectivity index (χ3n) is 2.75. The standard InChI is InChI=1S/C15H14Cl2N2O4S/c1-2-22-7-14(21)23-6-13(20)19-15-18-12(8-24-15)9-3-4-10(16)11(17)5-9/h3-5,8H,2,6-7H2,1H3,(H,18,19,20). The van der Waals surface area contributed by atoms with Gasteiger partial charge in [0.2, 0.25) is 0 Å². The van der Waals surface area contributed by atoms with Crippen molar-refractivity contribution in [2.45, 2.75) is 6.92 Å². The van der Waals surface area contributed by atoms with Gasteiger partial charge >= 0.3 is 5.97 Å². The highest BCUT2D eigenvalue weighted by Crippen LogP contribution is 2.30. The molecule has 0 saturated heterocycles. The van der Waals surface area contributed by atoms with E-state index in [-0.39, 0.29) is 6.61 Å². The molecule has 1 N–H and O–H groups in total. The molecule has 1 amide bonds. The van der Waals surface area contributed by atoms with Crippen molar-refractivity contribution < 1.29 is 19.1 Å². The van der Waals surface area contributed by atoms with E-state index in [2.05, 4.69) is 10.3 Å². The number of esters is 1. The van der Waals surface area contributed by atoms with Crippen molar-refractivity contribution in [2.24, 2.45) is 0 Å². The molecule has 0 unspecified atom stereocenters. The van der Waals surface area contributed by atoms with Crippen LogP contribution in [0.4, 0.5) is 5.13 Å². The zero-order valence-corrected chi connectivity index (χ0v) is 15.0. The van der Waals surface area contributed by atoms with Crippen molar-refractivity contribution in [3.63, 3.8) is 0 Å². The second-order valence-corrected chi connectivity index (χ2v) is 6.19. The normalized spacial score (nSPS) is 10.5. The first kappa shape index (κ1) is 18.7. The van der Waals surface area contributed by atoms with Crippen LogP contribution in [-0.2, 0) is 19.1 Å². The Labute approximate surface area is 152 Å². The number of rotatable bonds is 7. The van der Waals surface area contributed by atoms with E-state index in [0.29, 0.717) is 27.5 Å². The van der Waals surface area contributed by atoms with Gasteiger partial charge in [-0.2, -0.15) is 0 Å². The van der Waals surface area contributed by atoms with E-state index in [1.165, 1.54) is 11.3 Å². The van der Waals surface area contributed by atoms with Gasteiger partial charge in [0.25, 0.3) is 5.91 Å². The maximum Gasteiger partial charge on any atom is 0.332 e. The topological polar surface area (TPSA) is 77.5 Å². The van der Waals surface area contributed by atoms with Crippen LogP contribution in [0.3, 0.4) is 0 Å². The van der Waals surface area contributed by atoms with Crippen LogP contribution in [0.25, 0.3) is 11.3 Å². The zero-order valence-electron chi connectivity index (χ0n) is 12.7. The minimum absolute atomic E-state index is 0.178. The van der Waals surface area contributed by atoms with Gasteiger partial charge in [0, 0.05) is 17.6 Å². The summed E-state index contributed by atoms with van der Waals surface area (Å²) in [5.74, 6) is -1.07. The van der Waals surface area contributed by atoms with Gasteiger partial charge in [-0.15, -0.1) is 11.3 Å². The molecule has 24 heavy (non-hydrogen) atoms. The number of nitrogens with one attached hydrogen (secondary N) is 1. The van der Waals surface area contributed by atoms with Crippen molar-refractivity contribution in [3.05, 3.63) is 33.6 Å². The highest BCUT2D eigenvalue weighted by Gasteiger charge is 2.11. The predicted octanol–water partition coefficient (Wildman–Crippen LogP) is 3.64. The molecule has 0 radical (unpaired) electrons. The minimum Gasteiger partial charge on any atom is -0.454 e. The van der Waals surface area contributed by atoms with Gasteiger partial charge in [0.05, 0.1) is 15.7 Å². The molecule has 0 spiro atoms. The van der Waals surface area contributed by atoms with Crippen LogP contribution in [0.15, 0.2) is 23.6 Å². The van der Waals surface area contributed by atoms with Gasteiger partial charge < -0.3 is 9.47 Å². The fraction of sp³-hybridized carbons (Fsp3) is 0.267. The van der Waals surface area contributed by atoms with Gasteiger partial charge in [0.15, 0.2) is 11.7 Å². The van der Waals surface area contributed by atoms with Crippen LogP contribution in [0.5, 0.6) is 0 Å². The molecule has 1 heterocycles. The molecule has 9 heteroatoms. The Hall–Kier alpha value is -1.67. The highest BCUT2D eigenvalue weighted by atomic mass is 35.5. The number of thiazole rings is 1. The van der Waals surface area contributed by atoms with E-state index < -0.39 is 18.5 Å². The molecule has 1 aromatic heterocycles. The average Bonchev–Trinajstić information content (AvgIpc) is 3.02. The zero-order chi connectivity index (χ0) is 17.5. The molecular formula is C15H14Cl2N2O4S. The smallest absolute Gasteiger partial charge is 0.332 e.